The number of hydrogen-bond donors (Lipinski definition) is 3. The van der Waals surface area contributed by atoms with Gasteiger partial charge in [0.15, 0.2) is 5.96 Å². The number of guanidine groups is 1. The number of nitrogens with one attached hydrogen (secondary N) is 3. The van der Waals surface area contributed by atoms with Crippen molar-refractivity contribution in [1.29, 1.82) is 0 Å². The van der Waals surface area contributed by atoms with E-state index in [1.54, 1.807) is 0 Å². The van der Waals surface area contributed by atoms with Gasteiger partial charge in [-0.1, -0.05) is 26.0 Å². The third-order valence-corrected chi connectivity index (χ3v) is 3.53. The van der Waals surface area contributed by atoms with Crippen LogP contribution < -0.4 is 16.0 Å². The molecule has 0 fully saturated rings. The molecule has 0 saturated carbocycles. The Kier molecular flexibility index (Phi) is 11.1. The van der Waals surface area contributed by atoms with Gasteiger partial charge >= 0.3 is 0 Å². The Hall–Kier alpha value is -2.08. The van der Waals surface area contributed by atoms with Crippen LogP contribution in [0.2, 0.25) is 0 Å². The first-order valence-electron chi connectivity index (χ1n) is 9.53. The summed E-state index contributed by atoms with van der Waals surface area (Å²) in [7, 11) is 0. The molecule has 6 nitrogen and oxygen atoms in total. The number of rotatable bonds is 11. The first kappa shape index (κ1) is 22.0. The Morgan fingerprint density at radius 2 is 1.77 bits per heavy atom. The lowest BCUT2D eigenvalue weighted by atomic mass is 10.1. The Labute approximate surface area is 157 Å². The molecule has 0 aliphatic rings. The molecule has 0 spiro atoms. The van der Waals surface area contributed by atoms with Gasteiger partial charge in [0.1, 0.15) is 0 Å². The highest BCUT2D eigenvalue weighted by atomic mass is 16.5. The average molecular weight is 363 g/mol. The Morgan fingerprint density at radius 3 is 2.38 bits per heavy atom. The molecule has 0 aliphatic heterocycles. The molecule has 0 heterocycles. The summed E-state index contributed by atoms with van der Waals surface area (Å²) in [4.78, 5) is 16.4. The topological polar surface area (TPSA) is 74.8 Å². The van der Waals surface area contributed by atoms with Gasteiger partial charge < -0.3 is 20.7 Å². The van der Waals surface area contributed by atoms with E-state index >= 15 is 0 Å². The number of nitrogens with zero attached hydrogens (tertiary/aromatic N) is 1. The SMILES string of the molecule is CCNC(=O)c1ccc(CN=C(NCC)NCCCOCC(C)C)cc1. The molecule has 0 radical (unpaired) electrons. The molecule has 1 aromatic carbocycles. The fourth-order valence-corrected chi connectivity index (χ4v) is 2.24. The van der Waals surface area contributed by atoms with Crippen molar-refractivity contribution in [3.05, 3.63) is 35.4 Å². The summed E-state index contributed by atoms with van der Waals surface area (Å²) in [5.41, 5.74) is 1.74. The van der Waals surface area contributed by atoms with Crippen LogP contribution in [-0.2, 0) is 11.3 Å². The van der Waals surface area contributed by atoms with Gasteiger partial charge in [0, 0.05) is 38.4 Å². The van der Waals surface area contributed by atoms with Gasteiger partial charge in [-0.2, -0.15) is 0 Å². The van der Waals surface area contributed by atoms with Crippen molar-refractivity contribution in [3.8, 4) is 0 Å². The molecule has 1 aromatic rings. The van der Waals surface area contributed by atoms with E-state index in [0.717, 1.165) is 44.2 Å². The van der Waals surface area contributed by atoms with Gasteiger partial charge in [-0.25, -0.2) is 4.99 Å². The minimum Gasteiger partial charge on any atom is -0.381 e. The van der Waals surface area contributed by atoms with Crippen LogP contribution in [0.15, 0.2) is 29.3 Å². The van der Waals surface area contributed by atoms with Crippen LogP contribution in [0.3, 0.4) is 0 Å². The molecule has 146 valence electrons. The van der Waals surface area contributed by atoms with E-state index in [9.17, 15) is 4.79 Å². The lowest BCUT2D eigenvalue weighted by molar-refractivity contribution is 0.0956. The van der Waals surface area contributed by atoms with Gasteiger partial charge in [-0.05, 0) is 43.9 Å². The second kappa shape index (κ2) is 13.2. The Morgan fingerprint density at radius 1 is 1.08 bits per heavy atom. The summed E-state index contributed by atoms with van der Waals surface area (Å²) in [6.45, 7) is 12.6. The lowest BCUT2D eigenvalue weighted by Crippen LogP contribution is -2.38. The van der Waals surface area contributed by atoms with Crippen LogP contribution in [0.1, 0.15) is 50.0 Å². The van der Waals surface area contributed by atoms with Crippen LogP contribution in [0.5, 0.6) is 0 Å². The molecule has 3 N–H and O–H groups in total. The van der Waals surface area contributed by atoms with Crippen molar-refractivity contribution < 1.29 is 9.53 Å². The Bertz CT molecular complexity index is 541. The molecule has 1 rings (SSSR count). The van der Waals surface area contributed by atoms with Gasteiger partial charge in [0.05, 0.1) is 6.54 Å². The summed E-state index contributed by atoms with van der Waals surface area (Å²) in [6.07, 6.45) is 0.943. The number of ether oxygens (including phenoxy) is 1. The van der Waals surface area contributed by atoms with Crippen LogP contribution in [0, 0.1) is 5.92 Å². The number of benzene rings is 1. The van der Waals surface area contributed by atoms with E-state index < -0.39 is 0 Å². The molecule has 0 atom stereocenters. The number of aliphatic imine (C=N–C) groups is 1. The number of carbonyl (C=O) groups excluding carboxylic acids is 1. The second-order valence-electron chi connectivity index (χ2n) is 6.50. The van der Waals surface area contributed by atoms with Crippen LogP contribution in [0.4, 0.5) is 0 Å². The van der Waals surface area contributed by atoms with Gasteiger partial charge in [0.2, 0.25) is 0 Å². The van der Waals surface area contributed by atoms with E-state index in [1.165, 1.54) is 0 Å². The van der Waals surface area contributed by atoms with E-state index in [-0.39, 0.29) is 5.91 Å². The van der Waals surface area contributed by atoms with Gasteiger partial charge in [0.25, 0.3) is 5.91 Å². The van der Waals surface area contributed by atoms with Gasteiger partial charge in [-0.15, -0.1) is 0 Å². The monoisotopic (exact) mass is 362 g/mol. The average Bonchev–Trinajstić information content (AvgIpc) is 2.62. The third-order valence-electron chi connectivity index (χ3n) is 3.53. The number of hydrogen-bond acceptors (Lipinski definition) is 3. The molecular weight excluding hydrogens is 328 g/mol. The maximum absolute atomic E-state index is 11.8. The maximum Gasteiger partial charge on any atom is 0.251 e. The van der Waals surface area contributed by atoms with Crippen molar-refractivity contribution in [2.45, 2.75) is 40.7 Å². The standard InChI is InChI=1S/C20H34N4O2/c1-5-21-19(25)18-10-8-17(9-11-18)14-24-20(22-6-2)23-12-7-13-26-15-16(3)4/h8-11,16H,5-7,12-15H2,1-4H3,(H,21,25)(H2,22,23,24). The van der Waals surface area contributed by atoms with Crippen molar-refractivity contribution in [3.63, 3.8) is 0 Å². The fourth-order valence-electron chi connectivity index (χ4n) is 2.24. The maximum atomic E-state index is 11.8. The summed E-state index contributed by atoms with van der Waals surface area (Å²) < 4.78 is 5.58. The molecule has 0 unspecified atom stereocenters. The zero-order valence-electron chi connectivity index (χ0n) is 16.6. The predicted octanol–water partition coefficient (Wildman–Crippen LogP) is 2.55. The summed E-state index contributed by atoms with van der Waals surface area (Å²) >= 11 is 0. The smallest absolute Gasteiger partial charge is 0.251 e. The first-order chi connectivity index (χ1) is 12.6. The van der Waals surface area contributed by atoms with Crippen LogP contribution >= 0.6 is 0 Å². The minimum absolute atomic E-state index is 0.0442. The van der Waals surface area contributed by atoms with E-state index in [4.69, 9.17) is 4.74 Å². The molecule has 0 aromatic heterocycles. The van der Waals surface area contributed by atoms with Crippen molar-refractivity contribution >= 4 is 11.9 Å². The van der Waals surface area contributed by atoms with E-state index in [2.05, 4.69) is 34.8 Å². The molecule has 26 heavy (non-hydrogen) atoms. The quantitative estimate of drug-likeness (QED) is 0.321. The number of carbonyl (C=O) groups is 1. The lowest BCUT2D eigenvalue weighted by Gasteiger charge is -2.12. The zero-order valence-corrected chi connectivity index (χ0v) is 16.6. The zero-order chi connectivity index (χ0) is 19.2. The third kappa shape index (κ3) is 9.42. The fraction of sp³-hybridized carbons (Fsp3) is 0.600. The first-order valence-corrected chi connectivity index (χ1v) is 9.53. The molecule has 0 bridgehead atoms. The summed E-state index contributed by atoms with van der Waals surface area (Å²) in [5, 5.41) is 9.36. The van der Waals surface area contributed by atoms with Crippen molar-refractivity contribution in [1.82, 2.24) is 16.0 Å². The second-order valence-corrected chi connectivity index (χ2v) is 6.50. The van der Waals surface area contributed by atoms with Crippen molar-refractivity contribution in [2.75, 3.05) is 32.8 Å². The van der Waals surface area contributed by atoms with E-state index in [1.807, 2.05) is 38.1 Å². The largest absolute Gasteiger partial charge is 0.381 e. The highest BCUT2D eigenvalue weighted by Gasteiger charge is 2.03. The normalized spacial score (nSPS) is 11.5. The van der Waals surface area contributed by atoms with Crippen LogP contribution in [-0.4, -0.2) is 44.7 Å². The number of amides is 1. The summed E-state index contributed by atoms with van der Waals surface area (Å²) in [5.74, 6) is 1.32. The molecule has 1 amide bonds. The molecule has 6 heteroatoms. The predicted molar refractivity (Wildman–Crippen MR) is 108 cm³/mol. The molecular formula is C20H34N4O2. The molecule has 0 aliphatic carbocycles. The molecule has 0 saturated heterocycles. The Balaban J connectivity index is 2.43. The van der Waals surface area contributed by atoms with Crippen molar-refractivity contribution in [2.24, 2.45) is 10.9 Å². The highest BCUT2D eigenvalue weighted by molar-refractivity contribution is 5.94. The van der Waals surface area contributed by atoms with Crippen LogP contribution in [0.25, 0.3) is 0 Å². The van der Waals surface area contributed by atoms with Gasteiger partial charge in [-0.3, -0.25) is 4.79 Å². The van der Waals surface area contributed by atoms with E-state index in [0.29, 0.717) is 24.6 Å². The summed E-state index contributed by atoms with van der Waals surface area (Å²) in [6, 6.07) is 7.55. The highest BCUT2D eigenvalue weighted by Crippen LogP contribution is 2.06. The minimum atomic E-state index is -0.0442.